The van der Waals surface area contributed by atoms with Crippen LogP contribution in [-0.2, 0) is 0 Å². The van der Waals surface area contributed by atoms with E-state index in [1.807, 2.05) is 18.7 Å². The fraction of sp³-hybridized carbons (Fsp3) is 0.308. The van der Waals surface area contributed by atoms with Crippen molar-refractivity contribution in [1.82, 2.24) is 0 Å². The molecule has 1 N–H and O–H groups in total. The van der Waals surface area contributed by atoms with Crippen molar-refractivity contribution in [3.8, 4) is 0 Å². The summed E-state index contributed by atoms with van der Waals surface area (Å²) in [5.74, 6) is -1.31. The molecule has 0 aliphatic rings. The normalized spacial score (nSPS) is 10.0. The Labute approximate surface area is 111 Å². The number of nitrogens with zero attached hydrogens (tertiary/aromatic N) is 2. The highest BCUT2D eigenvalue weighted by Gasteiger charge is 2.21. The van der Waals surface area contributed by atoms with E-state index in [4.69, 9.17) is 5.11 Å². The average molecular weight is 264 g/mol. The predicted octanol–water partition coefficient (Wildman–Crippen LogP) is 2.70. The topological polar surface area (TPSA) is 83.7 Å². The van der Waals surface area contributed by atoms with E-state index < -0.39 is 16.6 Å². The summed E-state index contributed by atoms with van der Waals surface area (Å²) in [7, 11) is 0. The summed E-state index contributed by atoms with van der Waals surface area (Å²) in [5, 5.41) is 19.8. The molecule has 0 amide bonds. The van der Waals surface area contributed by atoms with E-state index in [1.54, 1.807) is 6.07 Å². The van der Waals surface area contributed by atoms with Gasteiger partial charge in [0, 0.05) is 24.8 Å². The molecule has 19 heavy (non-hydrogen) atoms. The van der Waals surface area contributed by atoms with Crippen LogP contribution in [0.15, 0.2) is 30.4 Å². The molecule has 1 aromatic rings. The first kappa shape index (κ1) is 14.7. The molecule has 0 aliphatic heterocycles. The molecule has 0 aromatic heterocycles. The van der Waals surface area contributed by atoms with E-state index in [-0.39, 0.29) is 5.56 Å². The molecule has 0 atom stereocenters. The van der Waals surface area contributed by atoms with E-state index in [0.717, 1.165) is 5.57 Å². The third kappa shape index (κ3) is 3.54. The van der Waals surface area contributed by atoms with Gasteiger partial charge in [0.05, 0.1) is 4.92 Å². The Morgan fingerprint density at radius 3 is 2.58 bits per heavy atom. The lowest BCUT2D eigenvalue weighted by Gasteiger charge is -2.23. The molecule has 0 heterocycles. The summed E-state index contributed by atoms with van der Waals surface area (Å²) >= 11 is 0. The van der Waals surface area contributed by atoms with Gasteiger partial charge in [-0.25, -0.2) is 4.79 Å². The molecule has 0 saturated heterocycles. The highest BCUT2D eigenvalue weighted by Crippen LogP contribution is 2.25. The molecule has 0 fully saturated rings. The van der Waals surface area contributed by atoms with Crippen LogP contribution in [0.1, 0.15) is 24.2 Å². The Bertz CT molecular complexity index is 525. The molecule has 6 heteroatoms. The van der Waals surface area contributed by atoms with E-state index >= 15 is 0 Å². The van der Waals surface area contributed by atoms with Crippen molar-refractivity contribution < 1.29 is 14.8 Å². The van der Waals surface area contributed by atoms with Crippen LogP contribution < -0.4 is 4.90 Å². The number of likely N-dealkylation sites (N-methyl/N-ethyl adjacent to an activating group) is 1. The lowest BCUT2D eigenvalue weighted by molar-refractivity contribution is -0.385. The van der Waals surface area contributed by atoms with E-state index in [2.05, 4.69) is 6.58 Å². The molecule has 0 bridgehead atoms. The van der Waals surface area contributed by atoms with Gasteiger partial charge in [-0.05, 0) is 26.0 Å². The zero-order valence-electron chi connectivity index (χ0n) is 10.9. The smallest absolute Gasteiger partial charge is 0.342 e. The van der Waals surface area contributed by atoms with Gasteiger partial charge in [0.2, 0.25) is 0 Å². The minimum absolute atomic E-state index is 0.303. The lowest BCUT2D eigenvalue weighted by atomic mass is 10.1. The third-order valence-electron chi connectivity index (χ3n) is 2.61. The van der Waals surface area contributed by atoms with Crippen molar-refractivity contribution in [3.05, 3.63) is 46.0 Å². The molecule has 0 aliphatic carbocycles. The monoisotopic (exact) mass is 264 g/mol. The number of hydrogen-bond donors (Lipinski definition) is 1. The number of benzene rings is 1. The van der Waals surface area contributed by atoms with Crippen molar-refractivity contribution in [3.63, 3.8) is 0 Å². The number of aromatic carboxylic acids is 1. The Hall–Kier alpha value is -2.37. The molecule has 1 aromatic carbocycles. The summed E-state index contributed by atoms with van der Waals surface area (Å²) in [6.45, 7) is 8.83. The summed E-state index contributed by atoms with van der Waals surface area (Å²) in [6, 6.07) is 4.10. The maximum absolute atomic E-state index is 11.1. The molecular formula is C13H16N2O4. The van der Waals surface area contributed by atoms with Gasteiger partial charge in [-0.1, -0.05) is 12.2 Å². The fourth-order valence-corrected chi connectivity index (χ4v) is 1.76. The quantitative estimate of drug-likeness (QED) is 0.485. The first-order chi connectivity index (χ1) is 8.86. The van der Waals surface area contributed by atoms with Gasteiger partial charge < -0.3 is 10.0 Å². The van der Waals surface area contributed by atoms with Crippen molar-refractivity contribution in [1.29, 1.82) is 0 Å². The van der Waals surface area contributed by atoms with Gasteiger partial charge >= 0.3 is 5.97 Å². The molecule has 102 valence electrons. The van der Waals surface area contributed by atoms with Crippen LogP contribution in [0.4, 0.5) is 11.4 Å². The second-order valence-electron chi connectivity index (χ2n) is 4.23. The molecule has 0 radical (unpaired) electrons. The van der Waals surface area contributed by atoms with Crippen LogP contribution in [0.5, 0.6) is 0 Å². The van der Waals surface area contributed by atoms with Crippen molar-refractivity contribution >= 4 is 17.3 Å². The van der Waals surface area contributed by atoms with E-state index in [9.17, 15) is 14.9 Å². The fourth-order valence-electron chi connectivity index (χ4n) is 1.76. The van der Waals surface area contributed by atoms with Crippen LogP contribution >= 0.6 is 0 Å². The van der Waals surface area contributed by atoms with Gasteiger partial charge in [0.1, 0.15) is 5.56 Å². The number of rotatable bonds is 6. The molecule has 0 saturated carbocycles. The van der Waals surface area contributed by atoms with Crippen LogP contribution in [0.25, 0.3) is 0 Å². The SMILES string of the molecule is C=C(C)CN(CC)c1ccc([N+](=O)[O-])c(C(=O)O)c1. The van der Waals surface area contributed by atoms with Gasteiger partial charge in [0.15, 0.2) is 0 Å². The molecular weight excluding hydrogens is 248 g/mol. The van der Waals surface area contributed by atoms with Crippen molar-refractivity contribution in [2.75, 3.05) is 18.0 Å². The number of carboxylic acid groups (broad SMARTS) is 1. The number of carboxylic acids is 1. The maximum Gasteiger partial charge on any atom is 0.342 e. The highest BCUT2D eigenvalue weighted by molar-refractivity contribution is 5.93. The first-order valence-electron chi connectivity index (χ1n) is 5.77. The number of nitro benzene ring substituents is 1. The van der Waals surface area contributed by atoms with Crippen molar-refractivity contribution in [2.24, 2.45) is 0 Å². The van der Waals surface area contributed by atoms with Crippen LogP contribution in [0.2, 0.25) is 0 Å². The molecule has 1 rings (SSSR count). The summed E-state index contributed by atoms with van der Waals surface area (Å²) in [6.07, 6.45) is 0. The second kappa shape index (κ2) is 5.99. The Morgan fingerprint density at radius 2 is 2.16 bits per heavy atom. The molecule has 0 spiro atoms. The van der Waals surface area contributed by atoms with Gasteiger partial charge in [-0.3, -0.25) is 10.1 Å². The number of hydrogen-bond acceptors (Lipinski definition) is 4. The minimum atomic E-state index is -1.31. The van der Waals surface area contributed by atoms with E-state index in [1.165, 1.54) is 12.1 Å². The van der Waals surface area contributed by atoms with Crippen molar-refractivity contribution in [2.45, 2.75) is 13.8 Å². The largest absolute Gasteiger partial charge is 0.477 e. The number of anilines is 1. The lowest BCUT2D eigenvalue weighted by Crippen LogP contribution is -2.24. The average Bonchev–Trinajstić information content (AvgIpc) is 2.34. The van der Waals surface area contributed by atoms with E-state index in [0.29, 0.717) is 18.8 Å². The first-order valence-corrected chi connectivity index (χ1v) is 5.77. The summed E-state index contributed by atoms with van der Waals surface area (Å²) in [5.41, 5.74) is 0.857. The highest BCUT2D eigenvalue weighted by atomic mass is 16.6. The summed E-state index contributed by atoms with van der Waals surface area (Å²) < 4.78 is 0. The molecule has 6 nitrogen and oxygen atoms in total. The summed E-state index contributed by atoms with van der Waals surface area (Å²) in [4.78, 5) is 23.0. The van der Waals surface area contributed by atoms with Crippen LogP contribution in [0, 0.1) is 10.1 Å². The van der Waals surface area contributed by atoms with Crippen LogP contribution in [0.3, 0.4) is 0 Å². The zero-order chi connectivity index (χ0) is 14.6. The van der Waals surface area contributed by atoms with Gasteiger partial charge in [0.25, 0.3) is 5.69 Å². The predicted molar refractivity (Wildman–Crippen MR) is 72.8 cm³/mol. The number of nitro groups is 1. The maximum atomic E-state index is 11.1. The third-order valence-corrected chi connectivity index (χ3v) is 2.61. The van der Waals surface area contributed by atoms with Gasteiger partial charge in [-0.2, -0.15) is 0 Å². The van der Waals surface area contributed by atoms with Gasteiger partial charge in [-0.15, -0.1) is 0 Å². The Morgan fingerprint density at radius 1 is 1.53 bits per heavy atom. The number of carbonyl (C=O) groups is 1. The van der Waals surface area contributed by atoms with Crippen LogP contribution in [-0.4, -0.2) is 29.1 Å². The molecule has 0 unspecified atom stereocenters. The second-order valence-corrected chi connectivity index (χ2v) is 4.23. The Balaban J connectivity index is 3.24. The minimum Gasteiger partial charge on any atom is -0.477 e. The zero-order valence-corrected chi connectivity index (χ0v) is 10.9. The standard InChI is InChI=1S/C13H16N2O4/c1-4-14(8-9(2)3)10-5-6-12(15(18)19)11(7-10)13(16)17/h5-7H,2,4,8H2,1,3H3,(H,16,17). The Kier molecular flexibility index (Phi) is 4.63.